The van der Waals surface area contributed by atoms with Crippen molar-refractivity contribution in [3.05, 3.63) is 93.6 Å². The number of fused-ring (bicyclic) bond motifs is 2. The number of ketones is 1. The molecule has 9 heteroatoms. The van der Waals surface area contributed by atoms with Crippen LogP contribution in [0.2, 0.25) is 0 Å². The van der Waals surface area contributed by atoms with Crippen LogP contribution < -0.4 is 9.64 Å². The minimum atomic E-state index is -0.961. The molecule has 1 aromatic heterocycles. The number of aromatic nitrogens is 1. The Morgan fingerprint density at radius 1 is 1.07 bits per heavy atom. The number of benzene rings is 3. The Labute approximate surface area is 234 Å². The van der Waals surface area contributed by atoms with E-state index >= 15 is 0 Å². The zero-order valence-corrected chi connectivity index (χ0v) is 23.2. The summed E-state index contributed by atoms with van der Waals surface area (Å²) in [5, 5.41) is 11.9. The minimum Gasteiger partial charge on any atom is -0.507 e. The Balaban J connectivity index is 1.53. The lowest BCUT2D eigenvalue weighted by Gasteiger charge is -2.23. The van der Waals surface area contributed by atoms with Crippen LogP contribution in [-0.4, -0.2) is 41.0 Å². The fourth-order valence-electron chi connectivity index (χ4n) is 5.45. The highest BCUT2D eigenvalue weighted by Crippen LogP contribution is 2.45. The molecule has 1 amide bonds. The topological polar surface area (TPSA) is 106 Å². The number of Topliss-reactive ketones (excluding diaryl/α,β-unsaturated/α-hetero) is 1. The summed E-state index contributed by atoms with van der Waals surface area (Å²) in [4.78, 5) is 45.4. The van der Waals surface area contributed by atoms with Gasteiger partial charge in [-0.1, -0.05) is 29.5 Å². The molecular weight excluding hydrogens is 528 g/mol. The van der Waals surface area contributed by atoms with Crippen molar-refractivity contribution in [3.8, 4) is 5.75 Å². The van der Waals surface area contributed by atoms with Gasteiger partial charge in [-0.15, -0.1) is 0 Å². The van der Waals surface area contributed by atoms with E-state index in [0.29, 0.717) is 28.2 Å². The summed E-state index contributed by atoms with van der Waals surface area (Å²) < 4.78 is 11.5. The lowest BCUT2D eigenvalue weighted by Crippen LogP contribution is -2.29. The molecule has 0 radical (unpaired) electrons. The van der Waals surface area contributed by atoms with Gasteiger partial charge in [-0.25, -0.2) is 9.78 Å². The standard InChI is InChI=1S/C31H26N2O6S/c1-15-11-16(2)25-23(12-15)40-31(32-25)33-26(18-5-7-19(8-6-18)30(37)38-4)24(28(35)29(33)36)27(34)20-9-10-22-21(14-20)13-17(3)39-22/h5-12,14,17,26,34H,13H2,1-4H3/t17-,26+/m0/s1. The van der Waals surface area contributed by atoms with Crippen LogP contribution in [-0.2, 0) is 20.7 Å². The number of methoxy groups -OCH3 is 1. The molecule has 3 heterocycles. The molecule has 0 bridgehead atoms. The van der Waals surface area contributed by atoms with Crippen molar-refractivity contribution in [2.75, 3.05) is 12.0 Å². The van der Waals surface area contributed by atoms with Crippen molar-refractivity contribution >= 4 is 50.1 Å². The van der Waals surface area contributed by atoms with E-state index in [1.807, 2.05) is 32.9 Å². The predicted molar refractivity (Wildman–Crippen MR) is 152 cm³/mol. The van der Waals surface area contributed by atoms with E-state index in [-0.39, 0.29) is 17.4 Å². The zero-order valence-electron chi connectivity index (χ0n) is 22.3. The van der Waals surface area contributed by atoms with Crippen LogP contribution >= 0.6 is 11.3 Å². The first-order valence-corrected chi connectivity index (χ1v) is 13.6. The van der Waals surface area contributed by atoms with Crippen LogP contribution in [0.25, 0.3) is 16.0 Å². The number of aryl methyl sites for hydroxylation is 2. The minimum absolute atomic E-state index is 0.0115. The van der Waals surface area contributed by atoms with Crippen molar-refractivity contribution in [1.29, 1.82) is 0 Å². The Hall–Kier alpha value is -4.50. The van der Waals surface area contributed by atoms with Gasteiger partial charge in [0.15, 0.2) is 5.13 Å². The first-order chi connectivity index (χ1) is 19.2. The highest BCUT2D eigenvalue weighted by atomic mass is 32.1. The van der Waals surface area contributed by atoms with Crippen molar-refractivity contribution in [1.82, 2.24) is 4.98 Å². The Bertz CT molecular complexity index is 1750. The first-order valence-electron chi connectivity index (χ1n) is 12.8. The molecule has 1 fully saturated rings. The molecule has 2 atom stereocenters. The number of carbonyl (C=O) groups is 3. The van der Waals surface area contributed by atoms with Gasteiger partial charge >= 0.3 is 11.9 Å². The largest absolute Gasteiger partial charge is 0.507 e. The van der Waals surface area contributed by atoms with E-state index in [1.54, 1.807) is 42.5 Å². The molecular formula is C31H26N2O6S. The van der Waals surface area contributed by atoms with Crippen LogP contribution in [0.3, 0.4) is 0 Å². The Kier molecular flexibility index (Phi) is 6.18. The van der Waals surface area contributed by atoms with Crippen LogP contribution in [0.1, 0.15) is 51.1 Å². The summed E-state index contributed by atoms with van der Waals surface area (Å²) in [5.74, 6) is -1.64. The van der Waals surface area contributed by atoms with Gasteiger partial charge in [-0.05, 0) is 79.4 Å². The predicted octanol–water partition coefficient (Wildman–Crippen LogP) is 5.65. The maximum absolute atomic E-state index is 13.6. The molecule has 0 unspecified atom stereocenters. The summed E-state index contributed by atoms with van der Waals surface area (Å²) in [7, 11) is 1.30. The average Bonchev–Trinajstić information content (AvgIpc) is 3.60. The number of ether oxygens (including phenoxy) is 2. The highest BCUT2D eigenvalue weighted by molar-refractivity contribution is 7.22. The van der Waals surface area contributed by atoms with Crippen LogP contribution in [0.15, 0.2) is 60.2 Å². The lowest BCUT2D eigenvalue weighted by molar-refractivity contribution is -0.132. The van der Waals surface area contributed by atoms with E-state index in [1.165, 1.54) is 23.3 Å². The van der Waals surface area contributed by atoms with E-state index in [4.69, 9.17) is 14.5 Å². The molecule has 0 spiro atoms. The number of hydrogen-bond donors (Lipinski definition) is 1. The van der Waals surface area contributed by atoms with Crippen molar-refractivity contribution in [2.45, 2.75) is 39.3 Å². The first kappa shape index (κ1) is 25.8. The molecule has 1 saturated heterocycles. The SMILES string of the molecule is COC(=O)c1ccc([C@@H]2C(=C(O)c3ccc4c(c3)C[C@H](C)O4)C(=O)C(=O)N2c2nc3c(C)cc(C)cc3s2)cc1. The quantitative estimate of drug-likeness (QED) is 0.150. The van der Waals surface area contributed by atoms with Gasteiger partial charge in [0.25, 0.3) is 5.78 Å². The summed E-state index contributed by atoms with van der Waals surface area (Å²) in [6, 6.07) is 14.7. The van der Waals surface area contributed by atoms with Crippen molar-refractivity contribution in [2.24, 2.45) is 0 Å². The molecule has 4 aromatic rings. The number of hydrogen-bond acceptors (Lipinski definition) is 8. The van der Waals surface area contributed by atoms with E-state index in [9.17, 15) is 19.5 Å². The smallest absolute Gasteiger partial charge is 0.337 e. The van der Waals surface area contributed by atoms with Gasteiger partial charge in [-0.3, -0.25) is 14.5 Å². The average molecular weight is 555 g/mol. The summed E-state index contributed by atoms with van der Waals surface area (Å²) in [6.07, 6.45) is 0.686. The van der Waals surface area contributed by atoms with Crippen molar-refractivity contribution < 1.29 is 29.0 Å². The third kappa shape index (κ3) is 4.14. The lowest BCUT2D eigenvalue weighted by atomic mass is 9.94. The number of aliphatic hydroxyl groups excluding tert-OH is 1. The van der Waals surface area contributed by atoms with E-state index in [0.717, 1.165) is 32.7 Å². The van der Waals surface area contributed by atoms with Gasteiger partial charge < -0.3 is 14.6 Å². The molecule has 0 aliphatic carbocycles. The van der Waals surface area contributed by atoms with Gasteiger partial charge in [0, 0.05) is 12.0 Å². The van der Waals surface area contributed by atoms with Gasteiger partial charge in [0.1, 0.15) is 17.6 Å². The van der Waals surface area contributed by atoms with Crippen LogP contribution in [0.4, 0.5) is 5.13 Å². The molecule has 3 aromatic carbocycles. The monoisotopic (exact) mass is 554 g/mol. The third-order valence-electron chi connectivity index (χ3n) is 7.29. The number of carbonyl (C=O) groups excluding carboxylic acids is 3. The summed E-state index contributed by atoms with van der Waals surface area (Å²) in [5.41, 5.74) is 4.92. The van der Waals surface area contributed by atoms with Gasteiger partial charge in [0.05, 0.1) is 34.5 Å². The van der Waals surface area contributed by atoms with Crippen molar-refractivity contribution in [3.63, 3.8) is 0 Å². The zero-order chi connectivity index (χ0) is 28.3. The van der Waals surface area contributed by atoms with E-state index in [2.05, 4.69) is 0 Å². The molecule has 40 heavy (non-hydrogen) atoms. The number of anilines is 1. The maximum atomic E-state index is 13.6. The molecule has 6 rings (SSSR count). The summed E-state index contributed by atoms with van der Waals surface area (Å²) in [6.45, 7) is 5.90. The highest BCUT2D eigenvalue weighted by Gasteiger charge is 2.48. The Morgan fingerprint density at radius 3 is 2.52 bits per heavy atom. The number of aliphatic hydroxyl groups is 1. The summed E-state index contributed by atoms with van der Waals surface area (Å²) >= 11 is 1.31. The molecule has 2 aliphatic heterocycles. The number of nitrogens with zero attached hydrogens (tertiary/aromatic N) is 2. The fraction of sp³-hybridized carbons (Fsp3) is 0.226. The Morgan fingerprint density at radius 2 is 1.80 bits per heavy atom. The molecule has 0 saturated carbocycles. The molecule has 202 valence electrons. The van der Waals surface area contributed by atoms with Gasteiger partial charge in [0.2, 0.25) is 0 Å². The molecule has 2 aliphatic rings. The fourth-order valence-corrected chi connectivity index (χ4v) is 6.62. The van der Waals surface area contributed by atoms with E-state index < -0.39 is 23.7 Å². The number of thiazole rings is 1. The number of esters is 1. The number of rotatable bonds is 4. The number of amides is 1. The molecule has 8 nitrogen and oxygen atoms in total. The normalized spacial score (nSPS) is 19.6. The maximum Gasteiger partial charge on any atom is 0.337 e. The van der Waals surface area contributed by atoms with Crippen LogP contribution in [0, 0.1) is 13.8 Å². The van der Waals surface area contributed by atoms with Gasteiger partial charge in [-0.2, -0.15) is 0 Å². The second-order valence-corrected chi connectivity index (χ2v) is 11.2. The second kappa shape index (κ2) is 9.60. The molecule has 1 N–H and O–H groups in total. The van der Waals surface area contributed by atoms with Crippen LogP contribution in [0.5, 0.6) is 5.75 Å². The second-order valence-electron chi connectivity index (χ2n) is 10.2. The third-order valence-corrected chi connectivity index (χ3v) is 8.29.